The van der Waals surface area contributed by atoms with Crippen LogP contribution in [0.5, 0.6) is 0 Å². The van der Waals surface area contributed by atoms with E-state index in [1.165, 1.54) is 0 Å². The summed E-state index contributed by atoms with van der Waals surface area (Å²) in [6.45, 7) is 1.98. The minimum Gasteiger partial charge on any atom is -0.383 e. The van der Waals surface area contributed by atoms with Gasteiger partial charge in [-0.15, -0.1) is 0 Å². The summed E-state index contributed by atoms with van der Waals surface area (Å²) in [6, 6.07) is 1.69. The van der Waals surface area contributed by atoms with Crippen LogP contribution in [0.2, 0.25) is 0 Å². The van der Waals surface area contributed by atoms with Gasteiger partial charge in [-0.05, 0) is 12.5 Å². The molecule has 6 nitrogen and oxygen atoms in total. The van der Waals surface area contributed by atoms with Gasteiger partial charge in [0.25, 0.3) is 5.56 Å². The molecule has 0 fully saturated rings. The molecule has 6 heteroatoms. The van der Waals surface area contributed by atoms with Gasteiger partial charge in [-0.3, -0.25) is 4.79 Å². The van der Waals surface area contributed by atoms with Crippen LogP contribution in [0.15, 0.2) is 23.3 Å². The van der Waals surface area contributed by atoms with E-state index < -0.39 is 0 Å². The first-order chi connectivity index (χ1) is 8.22. The van der Waals surface area contributed by atoms with Crippen LogP contribution in [-0.4, -0.2) is 19.9 Å². The van der Waals surface area contributed by atoms with Crippen LogP contribution in [-0.2, 0) is 6.42 Å². The van der Waals surface area contributed by atoms with Crippen molar-refractivity contribution in [1.82, 2.24) is 19.9 Å². The molecule has 3 N–H and O–H groups in total. The zero-order valence-electron chi connectivity index (χ0n) is 9.47. The molecule has 0 amide bonds. The summed E-state index contributed by atoms with van der Waals surface area (Å²) < 4.78 is 0. The predicted octanol–water partition coefficient (Wildman–Crippen LogP) is 0.762. The van der Waals surface area contributed by atoms with E-state index in [-0.39, 0.29) is 11.4 Å². The molecule has 0 aromatic carbocycles. The average molecular weight is 231 g/mol. The summed E-state index contributed by atoms with van der Waals surface area (Å²) >= 11 is 0. The van der Waals surface area contributed by atoms with E-state index in [1.54, 1.807) is 18.5 Å². The van der Waals surface area contributed by atoms with Gasteiger partial charge in [-0.2, -0.15) is 0 Å². The number of aromatic nitrogens is 4. The summed E-state index contributed by atoms with van der Waals surface area (Å²) in [5.41, 5.74) is 6.06. The predicted molar refractivity (Wildman–Crippen MR) is 64.3 cm³/mol. The second-order valence-corrected chi connectivity index (χ2v) is 3.60. The van der Waals surface area contributed by atoms with Crippen LogP contribution >= 0.6 is 0 Å². The first-order valence-corrected chi connectivity index (χ1v) is 5.38. The van der Waals surface area contributed by atoms with Gasteiger partial charge in [-0.1, -0.05) is 13.3 Å². The van der Waals surface area contributed by atoms with Crippen LogP contribution in [0.3, 0.4) is 0 Å². The smallest absolute Gasteiger partial charge is 0.256 e. The zero-order chi connectivity index (χ0) is 12.3. The monoisotopic (exact) mass is 231 g/mol. The van der Waals surface area contributed by atoms with Crippen molar-refractivity contribution in [2.75, 3.05) is 5.73 Å². The molecular weight excluding hydrogens is 218 g/mol. The van der Waals surface area contributed by atoms with E-state index in [0.29, 0.717) is 23.6 Å². The van der Waals surface area contributed by atoms with Gasteiger partial charge in [0.15, 0.2) is 11.6 Å². The van der Waals surface area contributed by atoms with Crippen molar-refractivity contribution < 1.29 is 0 Å². The minimum absolute atomic E-state index is 0.221. The molecule has 0 bridgehead atoms. The lowest BCUT2D eigenvalue weighted by Gasteiger charge is -2.04. The molecule has 2 aromatic heterocycles. The third-order valence-corrected chi connectivity index (χ3v) is 2.33. The Bertz CT molecular complexity index is 564. The molecule has 0 spiro atoms. The number of hydrogen-bond acceptors (Lipinski definition) is 5. The molecule has 0 aliphatic heterocycles. The van der Waals surface area contributed by atoms with Crippen LogP contribution in [0.4, 0.5) is 5.82 Å². The molecule has 88 valence electrons. The Balaban J connectivity index is 2.50. The van der Waals surface area contributed by atoms with Gasteiger partial charge in [0.05, 0.1) is 5.56 Å². The first-order valence-electron chi connectivity index (χ1n) is 5.38. The normalized spacial score (nSPS) is 10.4. The SMILES string of the molecule is CCCc1c(N)nc(-c2ncccn2)[nH]c1=O. The Morgan fingerprint density at radius 3 is 2.65 bits per heavy atom. The maximum atomic E-state index is 11.8. The fourth-order valence-corrected chi connectivity index (χ4v) is 1.53. The van der Waals surface area contributed by atoms with E-state index in [4.69, 9.17) is 5.73 Å². The Kier molecular flexibility index (Phi) is 3.13. The van der Waals surface area contributed by atoms with Gasteiger partial charge >= 0.3 is 0 Å². The van der Waals surface area contributed by atoms with E-state index in [9.17, 15) is 4.79 Å². The Morgan fingerprint density at radius 2 is 2.06 bits per heavy atom. The molecule has 2 heterocycles. The van der Waals surface area contributed by atoms with Crippen molar-refractivity contribution >= 4 is 5.82 Å². The standard InChI is InChI=1S/C11H13N5O/c1-2-4-7-8(12)15-10(16-11(7)17)9-13-5-3-6-14-9/h3,5-6H,2,4H2,1H3,(H3,12,15,16,17). The molecule has 17 heavy (non-hydrogen) atoms. The van der Waals surface area contributed by atoms with Crippen molar-refractivity contribution in [2.45, 2.75) is 19.8 Å². The summed E-state index contributed by atoms with van der Waals surface area (Å²) in [4.78, 5) is 26.6. The van der Waals surface area contributed by atoms with Crippen molar-refractivity contribution in [1.29, 1.82) is 0 Å². The fourth-order valence-electron chi connectivity index (χ4n) is 1.53. The van der Waals surface area contributed by atoms with Crippen molar-refractivity contribution in [2.24, 2.45) is 0 Å². The summed E-state index contributed by atoms with van der Waals surface area (Å²) in [5, 5.41) is 0. The largest absolute Gasteiger partial charge is 0.383 e. The third kappa shape index (κ3) is 2.30. The summed E-state index contributed by atoms with van der Waals surface area (Å²) in [5.74, 6) is 0.908. The maximum absolute atomic E-state index is 11.8. The molecule has 2 aromatic rings. The summed E-state index contributed by atoms with van der Waals surface area (Å²) in [7, 11) is 0. The Labute approximate surface area is 98.0 Å². The molecule has 2 rings (SSSR count). The third-order valence-electron chi connectivity index (χ3n) is 2.33. The Hall–Kier alpha value is -2.24. The number of nitrogen functional groups attached to an aromatic ring is 1. The van der Waals surface area contributed by atoms with E-state index in [0.717, 1.165) is 6.42 Å². The summed E-state index contributed by atoms with van der Waals surface area (Å²) in [6.07, 6.45) is 4.62. The van der Waals surface area contributed by atoms with Gasteiger partial charge < -0.3 is 10.7 Å². The molecule has 0 aliphatic carbocycles. The molecule has 0 aliphatic rings. The van der Waals surface area contributed by atoms with Crippen molar-refractivity contribution in [3.05, 3.63) is 34.4 Å². The molecule has 0 atom stereocenters. The highest BCUT2D eigenvalue weighted by molar-refractivity contribution is 5.48. The molecule has 0 unspecified atom stereocenters. The number of anilines is 1. The second-order valence-electron chi connectivity index (χ2n) is 3.60. The lowest BCUT2D eigenvalue weighted by molar-refractivity contribution is 0.889. The van der Waals surface area contributed by atoms with Crippen LogP contribution in [0.1, 0.15) is 18.9 Å². The van der Waals surface area contributed by atoms with E-state index in [1.807, 2.05) is 6.92 Å². The fraction of sp³-hybridized carbons (Fsp3) is 0.273. The van der Waals surface area contributed by atoms with Gasteiger partial charge in [0.2, 0.25) is 0 Å². The lowest BCUT2D eigenvalue weighted by Crippen LogP contribution is -2.18. The highest BCUT2D eigenvalue weighted by Gasteiger charge is 2.10. The number of nitrogens with one attached hydrogen (secondary N) is 1. The first kappa shape index (κ1) is 11.3. The van der Waals surface area contributed by atoms with Gasteiger partial charge in [0, 0.05) is 12.4 Å². The number of hydrogen-bond donors (Lipinski definition) is 2. The average Bonchev–Trinajstić information content (AvgIpc) is 2.35. The van der Waals surface area contributed by atoms with Crippen LogP contribution < -0.4 is 11.3 Å². The number of nitrogens with zero attached hydrogens (tertiary/aromatic N) is 3. The second kappa shape index (κ2) is 4.73. The van der Waals surface area contributed by atoms with E-state index in [2.05, 4.69) is 19.9 Å². The van der Waals surface area contributed by atoms with Crippen LogP contribution in [0.25, 0.3) is 11.6 Å². The quantitative estimate of drug-likeness (QED) is 0.812. The Morgan fingerprint density at radius 1 is 1.35 bits per heavy atom. The zero-order valence-corrected chi connectivity index (χ0v) is 9.47. The van der Waals surface area contributed by atoms with Gasteiger partial charge in [-0.25, -0.2) is 15.0 Å². The van der Waals surface area contributed by atoms with Crippen molar-refractivity contribution in [3.63, 3.8) is 0 Å². The van der Waals surface area contributed by atoms with Gasteiger partial charge in [0.1, 0.15) is 5.82 Å². The van der Waals surface area contributed by atoms with Crippen molar-refractivity contribution in [3.8, 4) is 11.6 Å². The maximum Gasteiger partial charge on any atom is 0.256 e. The number of nitrogens with two attached hydrogens (primary N) is 1. The number of rotatable bonds is 3. The number of H-pyrrole nitrogens is 1. The highest BCUT2D eigenvalue weighted by atomic mass is 16.1. The van der Waals surface area contributed by atoms with E-state index >= 15 is 0 Å². The molecule has 0 saturated heterocycles. The lowest BCUT2D eigenvalue weighted by atomic mass is 10.2. The highest BCUT2D eigenvalue weighted by Crippen LogP contribution is 2.11. The minimum atomic E-state index is -0.221. The molecule has 0 saturated carbocycles. The topological polar surface area (TPSA) is 97.5 Å². The number of aromatic amines is 1. The van der Waals surface area contributed by atoms with Crippen LogP contribution in [0, 0.1) is 0 Å². The molecule has 0 radical (unpaired) electrons. The molecular formula is C11H13N5O.